The zero-order chi connectivity index (χ0) is 10.4. The van der Waals surface area contributed by atoms with Crippen molar-refractivity contribution in [2.45, 2.75) is 39.0 Å². The Bertz CT molecular complexity index is 514. The summed E-state index contributed by atoms with van der Waals surface area (Å²) in [6.07, 6.45) is 5.49. The van der Waals surface area contributed by atoms with Gasteiger partial charge in [0.2, 0.25) is 0 Å². The number of rotatable bonds is 1. The molecule has 0 radical (unpaired) electrons. The van der Waals surface area contributed by atoms with Gasteiger partial charge in [0, 0.05) is 10.3 Å². The number of aromatic nitrogens is 2. The van der Waals surface area contributed by atoms with Crippen LogP contribution in [0.4, 0.5) is 0 Å². The SMILES string of the molecule is CC(C)c1ncnc2sc3c(c12)CCC3. The lowest BCUT2D eigenvalue weighted by Gasteiger charge is -2.06. The second-order valence-corrected chi connectivity index (χ2v) is 5.53. The van der Waals surface area contributed by atoms with E-state index in [2.05, 4.69) is 23.8 Å². The normalized spacial score (nSPS) is 15.1. The van der Waals surface area contributed by atoms with Gasteiger partial charge in [-0.15, -0.1) is 11.3 Å². The maximum Gasteiger partial charge on any atom is 0.127 e. The van der Waals surface area contributed by atoms with Crippen molar-refractivity contribution in [3.05, 3.63) is 22.5 Å². The van der Waals surface area contributed by atoms with Gasteiger partial charge >= 0.3 is 0 Å². The molecule has 0 spiro atoms. The summed E-state index contributed by atoms with van der Waals surface area (Å²) in [5, 5.41) is 1.37. The van der Waals surface area contributed by atoms with Gasteiger partial charge in [-0.25, -0.2) is 9.97 Å². The molecule has 0 unspecified atom stereocenters. The molecule has 0 N–H and O–H groups in total. The lowest BCUT2D eigenvalue weighted by Crippen LogP contribution is -1.95. The summed E-state index contributed by atoms with van der Waals surface area (Å²) < 4.78 is 0. The van der Waals surface area contributed by atoms with Crippen molar-refractivity contribution in [3.8, 4) is 0 Å². The molecule has 3 rings (SSSR count). The van der Waals surface area contributed by atoms with Crippen LogP contribution in [-0.2, 0) is 12.8 Å². The van der Waals surface area contributed by atoms with E-state index >= 15 is 0 Å². The van der Waals surface area contributed by atoms with Gasteiger partial charge in [-0.3, -0.25) is 0 Å². The fraction of sp³-hybridized carbons (Fsp3) is 0.500. The predicted molar refractivity (Wildman–Crippen MR) is 63.5 cm³/mol. The van der Waals surface area contributed by atoms with E-state index in [0.29, 0.717) is 5.92 Å². The fourth-order valence-corrected chi connectivity index (χ4v) is 3.63. The predicted octanol–water partition coefficient (Wildman–Crippen LogP) is 3.30. The Hall–Kier alpha value is -0.960. The molecule has 2 aromatic rings. The molecule has 2 aromatic heterocycles. The van der Waals surface area contributed by atoms with Crippen molar-refractivity contribution < 1.29 is 0 Å². The summed E-state index contributed by atoms with van der Waals surface area (Å²) in [6, 6.07) is 0. The quantitative estimate of drug-likeness (QED) is 0.734. The first kappa shape index (κ1) is 9.28. The van der Waals surface area contributed by atoms with Gasteiger partial charge in [-0.05, 0) is 30.7 Å². The summed E-state index contributed by atoms with van der Waals surface area (Å²) >= 11 is 1.87. The molecule has 0 fully saturated rings. The number of thiophene rings is 1. The molecule has 15 heavy (non-hydrogen) atoms. The molecule has 78 valence electrons. The van der Waals surface area contributed by atoms with Gasteiger partial charge < -0.3 is 0 Å². The average molecular weight is 218 g/mol. The van der Waals surface area contributed by atoms with Gasteiger partial charge in [0.1, 0.15) is 11.2 Å². The van der Waals surface area contributed by atoms with Crippen molar-refractivity contribution >= 4 is 21.6 Å². The third-order valence-electron chi connectivity index (χ3n) is 3.08. The minimum Gasteiger partial charge on any atom is -0.240 e. The summed E-state index contributed by atoms with van der Waals surface area (Å²) in [6.45, 7) is 4.42. The minimum atomic E-state index is 0.495. The van der Waals surface area contributed by atoms with Gasteiger partial charge in [0.25, 0.3) is 0 Å². The molecule has 0 saturated heterocycles. The molecule has 1 aliphatic rings. The van der Waals surface area contributed by atoms with E-state index in [1.807, 2.05) is 11.3 Å². The average Bonchev–Trinajstić information content (AvgIpc) is 2.75. The third-order valence-corrected chi connectivity index (χ3v) is 4.28. The van der Waals surface area contributed by atoms with E-state index in [1.54, 1.807) is 16.8 Å². The van der Waals surface area contributed by atoms with E-state index in [9.17, 15) is 0 Å². The van der Waals surface area contributed by atoms with E-state index in [-0.39, 0.29) is 0 Å². The summed E-state index contributed by atoms with van der Waals surface area (Å²) in [5.41, 5.74) is 2.78. The Balaban J connectivity index is 2.36. The zero-order valence-corrected chi connectivity index (χ0v) is 9.90. The molecule has 1 aliphatic carbocycles. The Kier molecular flexibility index (Phi) is 2.02. The Morgan fingerprint density at radius 1 is 1.27 bits per heavy atom. The van der Waals surface area contributed by atoms with Crippen LogP contribution >= 0.6 is 11.3 Å². The molecule has 2 heterocycles. The van der Waals surface area contributed by atoms with Crippen molar-refractivity contribution in [3.63, 3.8) is 0 Å². The molecule has 0 amide bonds. The van der Waals surface area contributed by atoms with Crippen molar-refractivity contribution in [1.82, 2.24) is 9.97 Å². The minimum absolute atomic E-state index is 0.495. The second-order valence-electron chi connectivity index (χ2n) is 4.45. The zero-order valence-electron chi connectivity index (χ0n) is 9.08. The molecular weight excluding hydrogens is 204 g/mol. The smallest absolute Gasteiger partial charge is 0.127 e. The van der Waals surface area contributed by atoms with E-state index in [4.69, 9.17) is 0 Å². The Morgan fingerprint density at radius 3 is 2.93 bits per heavy atom. The Labute approximate surface area is 93.4 Å². The highest BCUT2D eigenvalue weighted by atomic mass is 32.1. The standard InChI is InChI=1S/C12H14N2S/c1-7(2)11-10-8-4-3-5-9(8)15-12(10)14-6-13-11/h6-7H,3-5H2,1-2H3. The highest BCUT2D eigenvalue weighted by Gasteiger charge is 2.21. The summed E-state index contributed by atoms with van der Waals surface area (Å²) in [4.78, 5) is 11.6. The van der Waals surface area contributed by atoms with Gasteiger partial charge in [0.15, 0.2) is 0 Å². The molecule has 2 nitrogen and oxygen atoms in total. The first-order chi connectivity index (χ1) is 7.27. The molecule has 3 heteroatoms. The second kappa shape index (κ2) is 3.27. The van der Waals surface area contributed by atoms with Crippen LogP contribution in [0.3, 0.4) is 0 Å². The van der Waals surface area contributed by atoms with Crippen LogP contribution in [0.2, 0.25) is 0 Å². The third kappa shape index (κ3) is 1.29. The van der Waals surface area contributed by atoms with Crippen LogP contribution in [0.15, 0.2) is 6.33 Å². The van der Waals surface area contributed by atoms with Crippen molar-refractivity contribution in [1.29, 1.82) is 0 Å². The lowest BCUT2D eigenvalue weighted by molar-refractivity contribution is 0.827. The highest BCUT2D eigenvalue weighted by molar-refractivity contribution is 7.18. The van der Waals surface area contributed by atoms with Gasteiger partial charge in [0.05, 0.1) is 5.69 Å². The lowest BCUT2D eigenvalue weighted by atomic mass is 10.0. The van der Waals surface area contributed by atoms with Crippen molar-refractivity contribution in [2.24, 2.45) is 0 Å². The monoisotopic (exact) mass is 218 g/mol. The molecular formula is C12H14N2S. The fourth-order valence-electron chi connectivity index (χ4n) is 2.39. The van der Waals surface area contributed by atoms with Crippen LogP contribution < -0.4 is 0 Å². The number of hydrogen-bond donors (Lipinski definition) is 0. The van der Waals surface area contributed by atoms with Gasteiger partial charge in [-0.2, -0.15) is 0 Å². The number of nitrogens with zero attached hydrogens (tertiary/aromatic N) is 2. The largest absolute Gasteiger partial charge is 0.240 e. The van der Waals surface area contributed by atoms with Crippen LogP contribution in [0.25, 0.3) is 10.2 Å². The van der Waals surface area contributed by atoms with Crippen molar-refractivity contribution in [2.75, 3.05) is 0 Å². The molecule has 0 saturated carbocycles. The first-order valence-corrected chi connectivity index (χ1v) is 6.34. The number of hydrogen-bond acceptors (Lipinski definition) is 3. The molecule has 0 aliphatic heterocycles. The van der Waals surface area contributed by atoms with Crippen LogP contribution in [-0.4, -0.2) is 9.97 Å². The van der Waals surface area contributed by atoms with E-state index in [1.165, 1.54) is 35.2 Å². The molecule has 0 bridgehead atoms. The number of fused-ring (bicyclic) bond motifs is 3. The maximum absolute atomic E-state index is 4.45. The summed E-state index contributed by atoms with van der Waals surface area (Å²) in [7, 11) is 0. The van der Waals surface area contributed by atoms with E-state index in [0.717, 1.165) is 0 Å². The highest BCUT2D eigenvalue weighted by Crippen LogP contribution is 2.38. The maximum atomic E-state index is 4.45. The van der Waals surface area contributed by atoms with E-state index < -0.39 is 0 Å². The number of aryl methyl sites for hydroxylation is 2. The molecule has 0 aromatic carbocycles. The van der Waals surface area contributed by atoms with Crippen LogP contribution in [0.5, 0.6) is 0 Å². The first-order valence-electron chi connectivity index (χ1n) is 5.52. The van der Waals surface area contributed by atoms with Crippen LogP contribution in [0, 0.1) is 0 Å². The molecule has 0 atom stereocenters. The summed E-state index contributed by atoms with van der Waals surface area (Å²) in [5.74, 6) is 0.495. The van der Waals surface area contributed by atoms with Crippen LogP contribution in [0.1, 0.15) is 42.3 Å². The Morgan fingerprint density at radius 2 is 2.13 bits per heavy atom. The van der Waals surface area contributed by atoms with Gasteiger partial charge in [-0.1, -0.05) is 13.8 Å². The topological polar surface area (TPSA) is 25.8 Å².